The van der Waals surface area contributed by atoms with Crippen molar-refractivity contribution in [2.45, 2.75) is 31.5 Å². The third-order valence-corrected chi connectivity index (χ3v) is 5.52. The van der Waals surface area contributed by atoms with Crippen LogP contribution in [0.15, 0.2) is 91.0 Å². The maximum absolute atomic E-state index is 3.89. The predicted octanol–water partition coefficient (Wildman–Crippen LogP) is 5.35. The zero-order valence-corrected chi connectivity index (χ0v) is 15.8. The van der Waals surface area contributed by atoms with Gasteiger partial charge in [-0.2, -0.15) is 0 Å². The van der Waals surface area contributed by atoms with E-state index in [0.29, 0.717) is 6.04 Å². The van der Waals surface area contributed by atoms with Crippen LogP contribution in [0.25, 0.3) is 0 Å². The van der Waals surface area contributed by atoms with Gasteiger partial charge in [-0.3, -0.25) is 4.90 Å². The zero-order chi connectivity index (χ0) is 18.3. The van der Waals surface area contributed by atoms with Crippen molar-refractivity contribution in [1.29, 1.82) is 0 Å². The van der Waals surface area contributed by atoms with Crippen LogP contribution in [-0.4, -0.2) is 18.0 Å². The van der Waals surface area contributed by atoms with E-state index in [9.17, 15) is 0 Å². The molecule has 0 aromatic heterocycles. The van der Waals surface area contributed by atoms with Crippen molar-refractivity contribution in [3.63, 3.8) is 0 Å². The fourth-order valence-electron chi connectivity index (χ4n) is 4.18. The number of nitrogens with one attached hydrogen (secondary N) is 1. The van der Waals surface area contributed by atoms with Gasteiger partial charge in [0.1, 0.15) is 0 Å². The molecule has 3 aromatic carbocycles. The second-order valence-corrected chi connectivity index (χ2v) is 7.35. The first kappa shape index (κ1) is 18.0. The van der Waals surface area contributed by atoms with Crippen molar-refractivity contribution in [2.75, 3.05) is 13.1 Å². The summed E-state index contributed by atoms with van der Waals surface area (Å²) in [6.07, 6.45) is 2.59. The number of hydrogen-bond acceptors (Lipinski definition) is 2. The lowest BCUT2D eigenvalue weighted by Crippen LogP contribution is -2.37. The first-order chi connectivity index (χ1) is 13.4. The molecule has 2 atom stereocenters. The summed E-state index contributed by atoms with van der Waals surface area (Å²) in [7, 11) is 0. The minimum Gasteiger partial charge on any atom is -0.304 e. The van der Waals surface area contributed by atoms with E-state index in [1.165, 1.54) is 42.6 Å². The third-order valence-electron chi connectivity index (χ3n) is 5.52. The van der Waals surface area contributed by atoms with Crippen LogP contribution in [0.5, 0.6) is 0 Å². The molecule has 1 aliphatic rings. The Morgan fingerprint density at radius 1 is 0.667 bits per heavy atom. The Morgan fingerprint density at radius 3 is 1.78 bits per heavy atom. The second kappa shape index (κ2) is 8.98. The highest BCUT2D eigenvalue weighted by molar-refractivity contribution is 5.28. The molecule has 1 saturated heterocycles. The average Bonchev–Trinajstić information content (AvgIpc) is 3.27. The minimum atomic E-state index is 0.256. The molecule has 1 N–H and O–H groups in total. The number of hydrogen-bond donors (Lipinski definition) is 1. The normalized spacial score (nSPS) is 16.9. The fraction of sp³-hybridized carbons (Fsp3) is 0.280. The van der Waals surface area contributed by atoms with E-state index in [0.717, 1.165) is 6.54 Å². The van der Waals surface area contributed by atoms with Crippen molar-refractivity contribution >= 4 is 0 Å². The van der Waals surface area contributed by atoms with Crippen LogP contribution in [0.4, 0.5) is 0 Å². The molecule has 2 heteroatoms. The Morgan fingerprint density at radius 2 is 1.19 bits per heavy atom. The average molecular weight is 357 g/mol. The van der Waals surface area contributed by atoms with Crippen LogP contribution < -0.4 is 5.32 Å². The fourth-order valence-corrected chi connectivity index (χ4v) is 4.18. The van der Waals surface area contributed by atoms with E-state index in [2.05, 4.69) is 101 Å². The number of likely N-dealkylation sites (tertiary alicyclic amines) is 1. The molecule has 2 nitrogen and oxygen atoms in total. The Labute approximate surface area is 162 Å². The summed E-state index contributed by atoms with van der Waals surface area (Å²) in [5, 5.41) is 3.89. The molecule has 0 radical (unpaired) electrons. The summed E-state index contributed by atoms with van der Waals surface area (Å²) in [5.74, 6) is 0. The maximum atomic E-state index is 3.89. The van der Waals surface area contributed by atoms with Gasteiger partial charge in [-0.15, -0.1) is 0 Å². The largest absolute Gasteiger partial charge is 0.304 e. The van der Waals surface area contributed by atoms with Gasteiger partial charge in [0.15, 0.2) is 0 Å². The Hall–Kier alpha value is -2.42. The van der Waals surface area contributed by atoms with E-state index in [4.69, 9.17) is 0 Å². The molecule has 4 rings (SSSR count). The topological polar surface area (TPSA) is 15.3 Å². The smallest absolute Gasteiger partial charge is 0.0543 e. The maximum Gasteiger partial charge on any atom is 0.0543 e. The Bertz CT molecular complexity index is 796. The van der Waals surface area contributed by atoms with Gasteiger partial charge in [0.05, 0.1) is 12.1 Å². The minimum absolute atomic E-state index is 0.256. The lowest BCUT2D eigenvalue weighted by molar-refractivity contribution is 0.191. The molecule has 27 heavy (non-hydrogen) atoms. The Balaban J connectivity index is 1.67. The van der Waals surface area contributed by atoms with Gasteiger partial charge in [-0.05, 0) is 42.6 Å². The third kappa shape index (κ3) is 4.47. The molecule has 1 aliphatic heterocycles. The molecule has 1 fully saturated rings. The molecule has 0 aliphatic carbocycles. The van der Waals surface area contributed by atoms with E-state index >= 15 is 0 Å². The molecule has 0 unspecified atom stereocenters. The van der Waals surface area contributed by atoms with E-state index in [-0.39, 0.29) is 6.04 Å². The quantitative estimate of drug-likeness (QED) is 0.613. The molecule has 138 valence electrons. The van der Waals surface area contributed by atoms with Crippen LogP contribution in [0.2, 0.25) is 0 Å². The summed E-state index contributed by atoms with van der Waals surface area (Å²) >= 11 is 0. The molecule has 3 aromatic rings. The van der Waals surface area contributed by atoms with E-state index in [1.54, 1.807) is 0 Å². The highest BCUT2D eigenvalue weighted by Crippen LogP contribution is 2.36. The number of rotatable bonds is 7. The van der Waals surface area contributed by atoms with Crippen molar-refractivity contribution in [1.82, 2.24) is 10.2 Å². The van der Waals surface area contributed by atoms with Gasteiger partial charge in [-0.25, -0.2) is 0 Å². The molecule has 0 spiro atoms. The van der Waals surface area contributed by atoms with Crippen molar-refractivity contribution in [2.24, 2.45) is 0 Å². The van der Waals surface area contributed by atoms with Crippen LogP contribution in [0, 0.1) is 0 Å². The molecule has 0 amide bonds. The van der Waals surface area contributed by atoms with Crippen LogP contribution in [0.3, 0.4) is 0 Å². The molecular weight excluding hydrogens is 328 g/mol. The van der Waals surface area contributed by atoms with Crippen molar-refractivity contribution in [3.8, 4) is 0 Å². The highest BCUT2D eigenvalue weighted by Gasteiger charge is 2.31. The van der Waals surface area contributed by atoms with Crippen LogP contribution >= 0.6 is 0 Å². The number of nitrogens with zero attached hydrogens (tertiary/aromatic N) is 1. The van der Waals surface area contributed by atoms with Gasteiger partial charge in [0.25, 0.3) is 0 Å². The van der Waals surface area contributed by atoms with E-state index < -0.39 is 0 Å². The summed E-state index contributed by atoms with van der Waals surface area (Å²) in [6, 6.07) is 33.2. The summed E-state index contributed by atoms with van der Waals surface area (Å²) in [4.78, 5) is 2.66. The monoisotopic (exact) mass is 356 g/mol. The van der Waals surface area contributed by atoms with E-state index in [1.807, 2.05) is 0 Å². The standard InChI is InChI=1S/C25H28N2/c1-4-12-21(13-5-1)20-26-24(22-14-6-2-7-15-22)25(27-18-10-11-19-27)23-16-8-3-9-17-23/h1-9,12-17,24-26H,10-11,18-20H2/t24-,25-/m0/s1. The first-order valence-corrected chi connectivity index (χ1v) is 10.0. The molecule has 1 heterocycles. The van der Waals surface area contributed by atoms with Gasteiger partial charge in [0, 0.05) is 6.54 Å². The summed E-state index contributed by atoms with van der Waals surface area (Å²) in [5.41, 5.74) is 4.08. The lowest BCUT2D eigenvalue weighted by Gasteiger charge is -2.36. The van der Waals surface area contributed by atoms with Gasteiger partial charge in [0.2, 0.25) is 0 Å². The van der Waals surface area contributed by atoms with Crippen LogP contribution in [0.1, 0.15) is 41.6 Å². The van der Waals surface area contributed by atoms with Crippen molar-refractivity contribution < 1.29 is 0 Å². The molecule has 0 bridgehead atoms. The summed E-state index contributed by atoms with van der Waals surface area (Å²) < 4.78 is 0. The SMILES string of the molecule is c1ccc(CN[C@@H](c2ccccc2)[C@H](c2ccccc2)N2CCCC2)cc1. The highest BCUT2D eigenvalue weighted by atomic mass is 15.2. The van der Waals surface area contributed by atoms with Crippen molar-refractivity contribution in [3.05, 3.63) is 108 Å². The first-order valence-electron chi connectivity index (χ1n) is 10.0. The van der Waals surface area contributed by atoms with Gasteiger partial charge < -0.3 is 5.32 Å². The van der Waals surface area contributed by atoms with Gasteiger partial charge >= 0.3 is 0 Å². The Kier molecular flexibility index (Phi) is 5.98. The van der Waals surface area contributed by atoms with Crippen LogP contribution in [-0.2, 0) is 6.54 Å². The predicted molar refractivity (Wildman–Crippen MR) is 112 cm³/mol. The lowest BCUT2D eigenvalue weighted by atomic mass is 9.92. The second-order valence-electron chi connectivity index (χ2n) is 7.35. The number of benzene rings is 3. The zero-order valence-electron chi connectivity index (χ0n) is 15.8. The molecule has 0 saturated carbocycles. The summed E-state index contributed by atoms with van der Waals surface area (Å²) in [6.45, 7) is 3.23. The molecular formula is C25H28N2. The van der Waals surface area contributed by atoms with Gasteiger partial charge in [-0.1, -0.05) is 91.0 Å².